The predicted molar refractivity (Wildman–Crippen MR) is 123 cm³/mol. The van der Waals surface area contributed by atoms with Crippen molar-refractivity contribution in [2.75, 3.05) is 12.4 Å². The van der Waals surface area contributed by atoms with Gasteiger partial charge in [0, 0.05) is 15.6 Å². The molecule has 0 aliphatic rings. The number of anilines is 1. The molecule has 0 aliphatic heterocycles. The fraction of sp³-hybridized carbons (Fsp3) is 0.0800. The van der Waals surface area contributed by atoms with Crippen LogP contribution >= 0.6 is 15.9 Å². The van der Waals surface area contributed by atoms with E-state index in [0.29, 0.717) is 27.1 Å². The highest BCUT2D eigenvalue weighted by Crippen LogP contribution is 2.26. The molecule has 0 saturated heterocycles. The maximum atomic E-state index is 14.1. The van der Waals surface area contributed by atoms with Gasteiger partial charge in [-0.3, -0.25) is 4.79 Å². The van der Waals surface area contributed by atoms with Gasteiger partial charge in [0.1, 0.15) is 23.9 Å². The molecule has 4 aromatic rings. The lowest BCUT2D eigenvalue weighted by molar-refractivity contribution is 0.102. The second kappa shape index (κ2) is 9.18. The van der Waals surface area contributed by atoms with Crippen molar-refractivity contribution >= 4 is 38.3 Å². The van der Waals surface area contributed by atoms with Crippen LogP contribution in [0.1, 0.15) is 15.9 Å². The second-order valence-electron chi connectivity index (χ2n) is 6.90. The smallest absolute Gasteiger partial charge is 0.255 e. The van der Waals surface area contributed by atoms with E-state index in [-0.39, 0.29) is 12.3 Å². The molecular formula is C25H19BrFNO3. The Morgan fingerprint density at radius 3 is 2.55 bits per heavy atom. The van der Waals surface area contributed by atoms with E-state index in [2.05, 4.69) is 21.2 Å². The van der Waals surface area contributed by atoms with E-state index in [1.807, 2.05) is 42.5 Å². The van der Waals surface area contributed by atoms with Crippen LogP contribution in [0.3, 0.4) is 0 Å². The molecule has 1 amide bonds. The topological polar surface area (TPSA) is 47.6 Å². The van der Waals surface area contributed by atoms with Crippen LogP contribution in [0.2, 0.25) is 0 Å². The number of carbonyl (C=O) groups is 1. The fourth-order valence-corrected chi connectivity index (χ4v) is 3.57. The number of methoxy groups -OCH3 is 1. The highest BCUT2D eigenvalue weighted by atomic mass is 79.9. The normalized spacial score (nSPS) is 10.7. The van der Waals surface area contributed by atoms with E-state index in [9.17, 15) is 9.18 Å². The first-order valence-corrected chi connectivity index (χ1v) is 10.4. The minimum absolute atomic E-state index is 0.109. The van der Waals surface area contributed by atoms with E-state index >= 15 is 0 Å². The Balaban J connectivity index is 1.53. The Morgan fingerprint density at radius 2 is 1.77 bits per heavy atom. The lowest BCUT2D eigenvalue weighted by atomic mass is 10.1. The third kappa shape index (κ3) is 4.86. The Hall–Kier alpha value is -3.38. The largest absolute Gasteiger partial charge is 0.496 e. The van der Waals surface area contributed by atoms with Crippen LogP contribution in [0, 0.1) is 5.82 Å². The molecule has 0 heterocycles. The summed E-state index contributed by atoms with van der Waals surface area (Å²) in [7, 11) is 1.56. The lowest BCUT2D eigenvalue weighted by Crippen LogP contribution is -2.14. The van der Waals surface area contributed by atoms with Crippen LogP contribution in [0.15, 0.2) is 83.3 Å². The number of rotatable bonds is 6. The zero-order valence-electron chi connectivity index (χ0n) is 16.7. The molecular weight excluding hydrogens is 461 g/mol. The number of fused-ring (bicyclic) bond motifs is 1. The van der Waals surface area contributed by atoms with Gasteiger partial charge in [0.05, 0.1) is 12.8 Å². The summed E-state index contributed by atoms with van der Waals surface area (Å²) in [6.45, 7) is 0.218. The quantitative estimate of drug-likeness (QED) is 0.339. The van der Waals surface area contributed by atoms with Gasteiger partial charge < -0.3 is 14.8 Å². The zero-order chi connectivity index (χ0) is 21.8. The molecule has 0 fully saturated rings. The number of nitrogens with one attached hydrogen (secondary N) is 1. The summed E-state index contributed by atoms with van der Waals surface area (Å²) in [5.41, 5.74) is 1.19. The molecule has 31 heavy (non-hydrogen) atoms. The molecule has 156 valence electrons. The van der Waals surface area contributed by atoms with Gasteiger partial charge in [0.2, 0.25) is 0 Å². The summed E-state index contributed by atoms with van der Waals surface area (Å²) >= 11 is 3.20. The van der Waals surface area contributed by atoms with Gasteiger partial charge in [-0.2, -0.15) is 0 Å². The zero-order valence-corrected chi connectivity index (χ0v) is 18.3. The molecule has 1 N–H and O–H groups in total. The Bertz CT molecular complexity index is 1260. The van der Waals surface area contributed by atoms with E-state index < -0.39 is 11.7 Å². The minimum atomic E-state index is -0.518. The summed E-state index contributed by atoms with van der Waals surface area (Å²) < 4.78 is 26.0. The monoisotopic (exact) mass is 479 g/mol. The van der Waals surface area contributed by atoms with Gasteiger partial charge in [0.15, 0.2) is 0 Å². The molecule has 6 heteroatoms. The van der Waals surface area contributed by atoms with Crippen molar-refractivity contribution in [3.05, 3.63) is 100 Å². The average molecular weight is 480 g/mol. The first-order valence-electron chi connectivity index (χ1n) is 9.58. The molecule has 0 atom stereocenters. The van der Waals surface area contributed by atoms with Crippen LogP contribution < -0.4 is 14.8 Å². The SMILES string of the molecule is COc1ccc(C(=O)Nc2ccc(Br)cc2F)cc1COc1ccc2ccccc2c1. The van der Waals surface area contributed by atoms with Gasteiger partial charge in [-0.25, -0.2) is 4.39 Å². The molecule has 0 radical (unpaired) electrons. The standard InChI is InChI=1S/C25H19BrFNO3/c1-30-24-11-7-18(25(29)28-23-10-8-20(26)14-22(23)27)12-19(24)15-31-21-9-6-16-4-2-3-5-17(16)13-21/h2-14H,15H2,1H3,(H,28,29). The second-order valence-corrected chi connectivity index (χ2v) is 7.82. The number of amides is 1. The van der Waals surface area contributed by atoms with Crippen molar-refractivity contribution in [2.24, 2.45) is 0 Å². The van der Waals surface area contributed by atoms with Crippen molar-refractivity contribution in [1.29, 1.82) is 0 Å². The first-order chi connectivity index (χ1) is 15.0. The van der Waals surface area contributed by atoms with Crippen molar-refractivity contribution in [3.63, 3.8) is 0 Å². The van der Waals surface area contributed by atoms with Gasteiger partial charge in [-0.05, 0) is 59.3 Å². The maximum Gasteiger partial charge on any atom is 0.255 e. The number of halogens is 2. The van der Waals surface area contributed by atoms with Crippen LogP contribution in [0.5, 0.6) is 11.5 Å². The minimum Gasteiger partial charge on any atom is -0.496 e. The van der Waals surface area contributed by atoms with Gasteiger partial charge in [-0.15, -0.1) is 0 Å². The van der Waals surface area contributed by atoms with Crippen molar-refractivity contribution in [2.45, 2.75) is 6.61 Å². The van der Waals surface area contributed by atoms with Crippen LogP contribution in [0.25, 0.3) is 10.8 Å². The molecule has 4 aromatic carbocycles. The van der Waals surface area contributed by atoms with Gasteiger partial charge >= 0.3 is 0 Å². The van der Waals surface area contributed by atoms with Crippen molar-refractivity contribution in [3.8, 4) is 11.5 Å². The summed E-state index contributed by atoms with van der Waals surface area (Å²) in [5, 5.41) is 4.81. The highest BCUT2D eigenvalue weighted by molar-refractivity contribution is 9.10. The average Bonchev–Trinajstić information content (AvgIpc) is 2.79. The Morgan fingerprint density at radius 1 is 0.968 bits per heavy atom. The molecule has 4 nitrogen and oxygen atoms in total. The van der Waals surface area contributed by atoms with E-state index in [0.717, 1.165) is 10.8 Å². The van der Waals surface area contributed by atoms with Gasteiger partial charge in [-0.1, -0.05) is 46.3 Å². The van der Waals surface area contributed by atoms with E-state index in [1.165, 1.54) is 12.1 Å². The number of carbonyl (C=O) groups excluding carboxylic acids is 1. The maximum absolute atomic E-state index is 14.1. The number of hydrogen-bond acceptors (Lipinski definition) is 3. The Kier molecular flexibility index (Phi) is 6.18. The highest BCUT2D eigenvalue weighted by Gasteiger charge is 2.13. The van der Waals surface area contributed by atoms with Crippen molar-refractivity contribution in [1.82, 2.24) is 0 Å². The molecule has 0 spiro atoms. The summed E-state index contributed by atoms with van der Waals surface area (Å²) in [6, 6.07) is 23.4. The molecule has 0 aliphatic carbocycles. The lowest BCUT2D eigenvalue weighted by Gasteiger charge is -2.13. The van der Waals surface area contributed by atoms with Crippen LogP contribution in [-0.2, 0) is 6.61 Å². The third-order valence-electron chi connectivity index (χ3n) is 4.84. The van der Waals surface area contributed by atoms with Crippen LogP contribution in [0.4, 0.5) is 10.1 Å². The third-order valence-corrected chi connectivity index (χ3v) is 5.33. The molecule has 0 unspecified atom stereocenters. The summed E-state index contributed by atoms with van der Waals surface area (Å²) in [4.78, 5) is 12.7. The first kappa shape index (κ1) is 20.9. The molecule has 0 aromatic heterocycles. The van der Waals surface area contributed by atoms with Gasteiger partial charge in [0.25, 0.3) is 5.91 Å². The molecule has 0 bridgehead atoms. The molecule has 0 saturated carbocycles. The fourth-order valence-electron chi connectivity index (χ4n) is 3.24. The summed E-state index contributed by atoms with van der Waals surface area (Å²) in [5.74, 6) is 0.381. The van der Waals surface area contributed by atoms with Crippen LogP contribution in [-0.4, -0.2) is 13.0 Å². The van der Waals surface area contributed by atoms with E-state index in [4.69, 9.17) is 9.47 Å². The van der Waals surface area contributed by atoms with E-state index in [1.54, 1.807) is 31.4 Å². The number of hydrogen-bond donors (Lipinski definition) is 1. The number of ether oxygens (including phenoxy) is 2. The molecule has 4 rings (SSSR count). The predicted octanol–water partition coefficient (Wildman–Crippen LogP) is 6.58. The summed E-state index contributed by atoms with van der Waals surface area (Å²) in [6.07, 6.45) is 0. The van der Waals surface area contributed by atoms with Crippen molar-refractivity contribution < 1.29 is 18.7 Å². The Labute approximate surface area is 187 Å². The number of benzene rings is 4.